The molecule has 0 amide bonds. The van der Waals surface area contributed by atoms with Gasteiger partial charge in [0.1, 0.15) is 0 Å². The third-order valence-electron chi connectivity index (χ3n) is 6.55. The van der Waals surface area contributed by atoms with Crippen molar-refractivity contribution in [1.82, 2.24) is 9.38 Å². The van der Waals surface area contributed by atoms with Crippen molar-refractivity contribution in [3.8, 4) is 11.3 Å². The van der Waals surface area contributed by atoms with E-state index in [4.69, 9.17) is 4.98 Å². The fourth-order valence-corrected chi connectivity index (χ4v) is 5.48. The molecule has 0 atom stereocenters. The normalized spacial score (nSPS) is 11.6. The molecule has 0 bridgehead atoms. The molecule has 32 heavy (non-hydrogen) atoms. The number of imidazole rings is 1. The van der Waals surface area contributed by atoms with Gasteiger partial charge in [0.05, 0.1) is 5.69 Å². The van der Waals surface area contributed by atoms with Crippen LogP contribution in [0.2, 0.25) is 0 Å². The van der Waals surface area contributed by atoms with E-state index in [1.165, 1.54) is 119 Å². The van der Waals surface area contributed by atoms with E-state index >= 15 is 0 Å². The summed E-state index contributed by atoms with van der Waals surface area (Å²) in [7, 11) is 0. The number of benzene rings is 1. The highest BCUT2D eigenvalue weighted by Crippen LogP contribution is 2.26. The predicted octanol–water partition coefficient (Wildman–Crippen LogP) is 9.65. The Bertz CT molecular complexity index is 843. The molecular weight excluding hydrogens is 408 g/mol. The summed E-state index contributed by atoms with van der Waals surface area (Å²) in [6.45, 7) is 4.57. The maximum atomic E-state index is 4.90. The van der Waals surface area contributed by atoms with Gasteiger partial charge in [-0.25, -0.2) is 4.98 Å². The molecule has 0 aliphatic heterocycles. The van der Waals surface area contributed by atoms with Crippen molar-refractivity contribution in [1.29, 1.82) is 0 Å². The van der Waals surface area contributed by atoms with E-state index in [0.29, 0.717) is 0 Å². The van der Waals surface area contributed by atoms with Crippen LogP contribution in [0.15, 0.2) is 36.7 Å². The first-order valence-corrected chi connectivity index (χ1v) is 14.2. The van der Waals surface area contributed by atoms with E-state index in [2.05, 4.69) is 54.9 Å². The zero-order chi connectivity index (χ0) is 22.4. The molecule has 2 heterocycles. The first-order chi connectivity index (χ1) is 15.8. The summed E-state index contributed by atoms with van der Waals surface area (Å²) in [6.07, 6.45) is 26.1. The van der Waals surface area contributed by atoms with Gasteiger partial charge >= 0.3 is 0 Å². The standard InChI is InChI=1S/C29H44N2S/c1-3-5-7-9-11-12-14-16-18-27-23-31-24-28(30-29(31)32-27)26-21-19-25(20-22-26)17-15-13-10-8-6-4-2/h19-24H,3-18H2,1-2H3. The minimum Gasteiger partial charge on any atom is -0.297 e. The number of unbranched alkanes of at least 4 members (excludes halogenated alkanes) is 12. The number of nitrogens with zero attached hydrogens (tertiary/aromatic N) is 2. The minimum absolute atomic E-state index is 1.10. The lowest BCUT2D eigenvalue weighted by molar-refractivity contribution is 0.576. The molecule has 3 aromatic rings. The van der Waals surface area contributed by atoms with Gasteiger partial charge in [-0.05, 0) is 31.2 Å². The summed E-state index contributed by atoms with van der Waals surface area (Å²) in [5, 5.41) is 0. The van der Waals surface area contributed by atoms with Crippen molar-refractivity contribution in [2.75, 3.05) is 0 Å². The third kappa shape index (κ3) is 8.39. The maximum absolute atomic E-state index is 4.90. The van der Waals surface area contributed by atoms with Crippen molar-refractivity contribution in [2.45, 2.75) is 117 Å². The van der Waals surface area contributed by atoms with Crippen LogP contribution in [-0.4, -0.2) is 9.38 Å². The fourth-order valence-electron chi connectivity index (χ4n) is 4.48. The molecule has 0 saturated heterocycles. The quantitative estimate of drug-likeness (QED) is 0.186. The highest BCUT2D eigenvalue weighted by atomic mass is 32.1. The van der Waals surface area contributed by atoms with E-state index in [1.54, 1.807) is 0 Å². The lowest BCUT2D eigenvalue weighted by Crippen LogP contribution is -1.87. The van der Waals surface area contributed by atoms with Crippen LogP contribution < -0.4 is 0 Å². The lowest BCUT2D eigenvalue weighted by Gasteiger charge is -2.03. The van der Waals surface area contributed by atoms with E-state index in [0.717, 1.165) is 10.7 Å². The summed E-state index contributed by atoms with van der Waals surface area (Å²) in [4.78, 5) is 7.51. The van der Waals surface area contributed by atoms with Crippen molar-refractivity contribution < 1.29 is 0 Å². The number of hydrogen-bond acceptors (Lipinski definition) is 2. The molecule has 1 aromatic carbocycles. The Morgan fingerprint density at radius 1 is 0.656 bits per heavy atom. The van der Waals surface area contributed by atoms with Crippen molar-refractivity contribution in [3.05, 3.63) is 47.1 Å². The van der Waals surface area contributed by atoms with E-state index in [1.807, 2.05) is 11.3 Å². The summed E-state index contributed by atoms with van der Waals surface area (Å²) in [5.41, 5.74) is 3.79. The molecule has 0 N–H and O–H groups in total. The molecule has 0 saturated carbocycles. The topological polar surface area (TPSA) is 17.3 Å². The number of aryl methyl sites for hydroxylation is 2. The van der Waals surface area contributed by atoms with Gasteiger partial charge < -0.3 is 0 Å². The molecule has 176 valence electrons. The van der Waals surface area contributed by atoms with Gasteiger partial charge in [-0.15, -0.1) is 11.3 Å². The molecule has 3 heteroatoms. The predicted molar refractivity (Wildman–Crippen MR) is 142 cm³/mol. The van der Waals surface area contributed by atoms with Crippen molar-refractivity contribution in [3.63, 3.8) is 0 Å². The summed E-state index contributed by atoms with van der Waals surface area (Å²) in [6, 6.07) is 9.09. The third-order valence-corrected chi connectivity index (χ3v) is 7.61. The van der Waals surface area contributed by atoms with Crippen LogP contribution >= 0.6 is 11.3 Å². The molecule has 0 unspecified atom stereocenters. The second-order valence-electron chi connectivity index (χ2n) is 9.45. The Hall–Kier alpha value is -1.61. The number of fused-ring (bicyclic) bond motifs is 1. The molecule has 0 spiro atoms. The van der Waals surface area contributed by atoms with Crippen molar-refractivity contribution >= 4 is 16.3 Å². The molecule has 0 aliphatic carbocycles. The second kappa shape index (κ2) is 14.5. The highest BCUT2D eigenvalue weighted by molar-refractivity contribution is 7.17. The van der Waals surface area contributed by atoms with Gasteiger partial charge in [-0.3, -0.25) is 4.40 Å². The molecule has 2 aromatic heterocycles. The van der Waals surface area contributed by atoms with Crippen LogP contribution in [0.3, 0.4) is 0 Å². The minimum atomic E-state index is 1.10. The lowest BCUT2D eigenvalue weighted by atomic mass is 10.0. The van der Waals surface area contributed by atoms with Gasteiger partial charge in [-0.1, -0.05) is 115 Å². The monoisotopic (exact) mass is 452 g/mol. The van der Waals surface area contributed by atoms with Gasteiger partial charge in [-0.2, -0.15) is 0 Å². The summed E-state index contributed by atoms with van der Waals surface area (Å²) >= 11 is 1.86. The molecule has 0 fully saturated rings. The van der Waals surface area contributed by atoms with E-state index < -0.39 is 0 Å². The molecule has 2 nitrogen and oxygen atoms in total. The van der Waals surface area contributed by atoms with Gasteiger partial charge in [0.15, 0.2) is 4.96 Å². The Morgan fingerprint density at radius 3 is 1.81 bits per heavy atom. The zero-order valence-corrected chi connectivity index (χ0v) is 21.4. The fraction of sp³-hybridized carbons (Fsp3) is 0.621. The Morgan fingerprint density at radius 2 is 1.22 bits per heavy atom. The van der Waals surface area contributed by atoms with Gasteiger partial charge in [0.2, 0.25) is 0 Å². The van der Waals surface area contributed by atoms with Crippen LogP contribution in [0.25, 0.3) is 16.2 Å². The average Bonchev–Trinajstić information content (AvgIpc) is 3.37. The maximum Gasteiger partial charge on any atom is 0.194 e. The largest absolute Gasteiger partial charge is 0.297 e. The number of hydrogen-bond donors (Lipinski definition) is 0. The number of thiazole rings is 1. The van der Waals surface area contributed by atoms with Crippen LogP contribution in [0.4, 0.5) is 0 Å². The van der Waals surface area contributed by atoms with Crippen LogP contribution in [0.1, 0.15) is 114 Å². The highest BCUT2D eigenvalue weighted by Gasteiger charge is 2.08. The van der Waals surface area contributed by atoms with Crippen molar-refractivity contribution in [2.24, 2.45) is 0 Å². The average molecular weight is 453 g/mol. The Labute approximate surface area is 200 Å². The Kier molecular flexibility index (Phi) is 11.4. The van der Waals surface area contributed by atoms with Gasteiger partial charge in [0, 0.05) is 22.8 Å². The van der Waals surface area contributed by atoms with Crippen LogP contribution in [0.5, 0.6) is 0 Å². The second-order valence-corrected chi connectivity index (χ2v) is 10.5. The van der Waals surface area contributed by atoms with E-state index in [-0.39, 0.29) is 0 Å². The van der Waals surface area contributed by atoms with E-state index in [9.17, 15) is 0 Å². The summed E-state index contributed by atoms with van der Waals surface area (Å²) < 4.78 is 2.23. The molecule has 0 radical (unpaired) electrons. The number of rotatable bonds is 17. The SMILES string of the molecule is CCCCCCCCCCc1cn2cc(-c3ccc(CCCCCCCC)cc3)nc2s1. The Balaban J connectivity index is 1.40. The number of aromatic nitrogens is 2. The zero-order valence-electron chi connectivity index (χ0n) is 20.6. The smallest absolute Gasteiger partial charge is 0.194 e. The van der Waals surface area contributed by atoms with Crippen LogP contribution in [0, 0.1) is 0 Å². The van der Waals surface area contributed by atoms with Crippen LogP contribution in [-0.2, 0) is 12.8 Å². The molecular formula is C29H44N2S. The molecule has 3 rings (SSSR count). The first kappa shape index (κ1) is 25.0. The first-order valence-electron chi connectivity index (χ1n) is 13.4. The van der Waals surface area contributed by atoms with Gasteiger partial charge in [0.25, 0.3) is 0 Å². The summed E-state index contributed by atoms with van der Waals surface area (Å²) in [5.74, 6) is 0. The molecule has 0 aliphatic rings.